The molecule has 0 radical (unpaired) electrons. The van der Waals surface area contributed by atoms with Gasteiger partial charge in [0.05, 0.1) is 0 Å². The number of carbonyl (C=O) groups is 1. The minimum Gasteiger partial charge on any atom is -0.329 e. The number of likely N-dealkylation sites (tertiary alicyclic amines) is 1. The maximum absolute atomic E-state index is 12.3. The Labute approximate surface area is 94.8 Å². The van der Waals surface area contributed by atoms with Gasteiger partial charge in [-0.3, -0.25) is 4.79 Å². The molecule has 94 valence electrons. The van der Waals surface area contributed by atoms with Crippen LogP contribution in [-0.4, -0.2) is 43.2 Å². The lowest BCUT2D eigenvalue weighted by Gasteiger charge is -2.26. The quantitative estimate of drug-likeness (QED) is 0.712. The largest absolute Gasteiger partial charge is 0.408 e. The summed E-state index contributed by atoms with van der Waals surface area (Å²) in [6, 6.07) is -2.00. The summed E-state index contributed by atoms with van der Waals surface area (Å²) in [5.41, 5.74) is 0. The monoisotopic (exact) mass is 279 g/mol. The maximum atomic E-state index is 12.3. The molecule has 9 heteroatoms. The highest BCUT2D eigenvalue weighted by molar-refractivity contribution is 8.14. The molecule has 1 aliphatic heterocycles. The normalized spacial score (nSPS) is 24.9. The Balaban J connectivity index is 2.84. The molecule has 1 rings (SSSR count). The molecule has 0 saturated carbocycles. The van der Waals surface area contributed by atoms with Crippen molar-refractivity contribution in [3.8, 4) is 0 Å². The molecule has 1 heterocycles. The van der Waals surface area contributed by atoms with Crippen molar-refractivity contribution in [2.24, 2.45) is 0 Å². The molecule has 1 fully saturated rings. The van der Waals surface area contributed by atoms with Crippen LogP contribution in [0.25, 0.3) is 0 Å². The van der Waals surface area contributed by atoms with Crippen LogP contribution < -0.4 is 0 Å². The second-order valence-corrected chi connectivity index (χ2v) is 6.47. The third-order valence-electron chi connectivity index (χ3n) is 2.46. The molecule has 0 aliphatic carbocycles. The highest BCUT2D eigenvalue weighted by Crippen LogP contribution is 2.30. The van der Waals surface area contributed by atoms with Gasteiger partial charge in [-0.25, -0.2) is 8.42 Å². The summed E-state index contributed by atoms with van der Waals surface area (Å²) in [7, 11) is 0.996. The lowest BCUT2D eigenvalue weighted by molar-refractivity contribution is -0.182. The molecule has 2 atom stereocenters. The van der Waals surface area contributed by atoms with Crippen molar-refractivity contribution in [3.05, 3.63) is 0 Å². The van der Waals surface area contributed by atoms with Gasteiger partial charge in [0, 0.05) is 23.6 Å². The summed E-state index contributed by atoms with van der Waals surface area (Å²) in [5, 5.41) is -1.26. The summed E-state index contributed by atoms with van der Waals surface area (Å²) in [6.45, 7) is 0.298. The van der Waals surface area contributed by atoms with Crippen LogP contribution in [-0.2, 0) is 13.8 Å². The summed E-state index contributed by atoms with van der Waals surface area (Å²) in [4.78, 5) is 11.7. The van der Waals surface area contributed by atoms with Gasteiger partial charge in [0.2, 0.25) is 15.0 Å². The summed E-state index contributed by atoms with van der Waals surface area (Å²) >= 11 is 0. The van der Waals surface area contributed by atoms with Crippen molar-refractivity contribution >= 4 is 25.6 Å². The second kappa shape index (κ2) is 4.06. The van der Waals surface area contributed by atoms with Gasteiger partial charge in [-0.2, -0.15) is 13.2 Å². The third-order valence-corrected chi connectivity index (χ3v) is 4.33. The van der Waals surface area contributed by atoms with E-state index >= 15 is 0 Å². The van der Waals surface area contributed by atoms with Gasteiger partial charge in [-0.1, -0.05) is 0 Å². The Hall–Kier alpha value is -0.500. The van der Waals surface area contributed by atoms with Crippen molar-refractivity contribution in [2.75, 3.05) is 6.54 Å². The van der Waals surface area contributed by atoms with Crippen LogP contribution in [0.2, 0.25) is 0 Å². The maximum Gasteiger partial charge on any atom is 0.408 e. The number of alkyl halides is 3. The molecule has 0 N–H and O–H groups in total. The van der Waals surface area contributed by atoms with Crippen molar-refractivity contribution < 1.29 is 26.4 Å². The third kappa shape index (κ3) is 2.79. The zero-order chi connectivity index (χ0) is 12.7. The zero-order valence-electron chi connectivity index (χ0n) is 8.16. The Bertz CT molecular complexity index is 394. The number of nitrogens with zero attached hydrogens (tertiary/aromatic N) is 1. The summed E-state index contributed by atoms with van der Waals surface area (Å²) < 4.78 is 58.8. The van der Waals surface area contributed by atoms with E-state index in [-0.39, 0.29) is 0 Å². The number of hydrogen-bond acceptors (Lipinski definition) is 3. The van der Waals surface area contributed by atoms with Crippen molar-refractivity contribution in [2.45, 2.75) is 30.8 Å². The lowest BCUT2D eigenvalue weighted by atomic mass is 10.3. The van der Waals surface area contributed by atoms with Gasteiger partial charge in [-0.15, -0.1) is 0 Å². The van der Waals surface area contributed by atoms with E-state index in [0.717, 1.165) is 6.92 Å². The van der Waals surface area contributed by atoms with Gasteiger partial charge in [0.1, 0.15) is 11.3 Å². The van der Waals surface area contributed by atoms with Crippen LogP contribution in [0.4, 0.5) is 13.2 Å². The van der Waals surface area contributed by atoms with E-state index < -0.39 is 45.4 Å². The van der Waals surface area contributed by atoms with Gasteiger partial charge < -0.3 is 4.90 Å². The number of amides is 1. The molecule has 0 spiro atoms. The Kier molecular flexibility index (Phi) is 3.45. The van der Waals surface area contributed by atoms with E-state index in [4.69, 9.17) is 10.7 Å². The first kappa shape index (κ1) is 13.6. The molecule has 2 unspecified atom stereocenters. The van der Waals surface area contributed by atoms with Gasteiger partial charge in [0.25, 0.3) is 0 Å². The van der Waals surface area contributed by atoms with E-state index in [2.05, 4.69) is 0 Å². The fraction of sp³-hybridized carbons (Fsp3) is 0.857. The number of rotatable bonds is 2. The molecule has 1 amide bonds. The average molecular weight is 280 g/mol. The molecule has 1 saturated heterocycles. The van der Waals surface area contributed by atoms with Crippen molar-refractivity contribution in [1.82, 2.24) is 4.90 Å². The fourth-order valence-corrected chi connectivity index (χ4v) is 2.48. The highest BCUT2D eigenvalue weighted by Gasteiger charge is 2.47. The second-order valence-electron chi connectivity index (χ2n) is 3.57. The van der Waals surface area contributed by atoms with E-state index in [1.54, 1.807) is 0 Å². The van der Waals surface area contributed by atoms with Gasteiger partial charge in [0.15, 0.2) is 0 Å². The Morgan fingerprint density at radius 3 is 2.31 bits per heavy atom. The van der Waals surface area contributed by atoms with Crippen molar-refractivity contribution in [3.63, 3.8) is 0 Å². The smallest absolute Gasteiger partial charge is 0.329 e. The van der Waals surface area contributed by atoms with Crippen LogP contribution >= 0.6 is 10.7 Å². The average Bonchev–Trinajstić information content (AvgIpc) is 2.43. The molecule has 0 aromatic carbocycles. The minimum absolute atomic E-state index is 0.491. The molecular weight excluding hydrogens is 271 g/mol. The number of hydrogen-bond donors (Lipinski definition) is 0. The number of halogens is 4. The lowest BCUT2D eigenvalue weighted by Crippen LogP contribution is -2.44. The molecule has 16 heavy (non-hydrogen) atoms. The van der Waals surface area contributed by atoms with Crippen LogP contribution in [0.1, 0.15) is 13.3 Å². The first-order valence-corrected chi connectivity index (χ1v) is 6.70. The van der Waals surface area contributed by atoms with Gasteiger partial charge in [-0.05, 0) is 6.92 Å². The minimum atomic E-state index is -4.57. The highest BCUT2D eigenvalue weighted by atomic mass is 35.7. The predicted molar refractivity (Wildman–Crippen MR) is 50.4 cm³/mol. The summed E-state index contributed by atoms with van der Waals surface area (Å²) in [6.07, 6.45) is -5.06. The molecule has 0 aromatic heterocycles. The SMILES string of the molecule is CC(N1CC(S(=O)(=O)Cl)CC1=O)C(F)(F)F. The summed E-state index contributed by atoms with van der Waals surface area (Å²) in [5.74, 6) is -0.848. The molecular formula is C7H9ClF3NO3S. The predicted octanol–water partition coefficient (Wildman–Crippen LogP) is 1.11. The first-order valence-electron chi connectivity index (χ1n) is 4.33. The molecule has 0 aromatic rings. The van der Waals surface area contributed by atoms with E-state index in [1.807, 2.05) is 0 Å². The fourth-order valence-electron chi connectivity index (χ4n) is 1.44. The number of carbonyl (C=O) groups excluding carboxylic acids is 1. The standard InChI is InChI=1S/C7H9ClF3NO3S/c1-4(7(9,10)11)12-3-5(2-6(12)13)16(8,14)15/h4-5H,2-3H2,1H3. The van der Waals surface area contributed by atoms with E-state index in [0.29, 0.717) is 4.90 Å². The Morgan fingerprint density at radius 2 is 2.00 bits per heavy atom. The van der Waals surface area contributed by atoms with Crippen LogP contribution in [0, 0.1) is 0 Å². The topological polar surface area (TPSA) is 54.5 Å². The molecule has 1 aliphatic rings. The molecule has 4 nitrogen and oxygen atoms in total. The zero-order valence-corrected chi connectivity index (χ0v) is 9.73. The van der Waals surface area contributed by atoms with Crippen LogP contribution in [0.3, 0.4) is 0 Å². The van der Waals surface area contributed by atoms with E-state index in [9.17, 15) is 26.4 Å². The van der Waals surface area contributed by atoms with Crippen molar-refractivity contribution in [1.29, 1.82) is 0 Å². The molecule has 0 bridgehead atoms. The first-order chi connectivity index (χ1) is 7.03. The van der Waals surface area contributed by atoms with Gasteiger partial charge >= 0.3 is 6.18 Å². The van der Waals surface area contributed by atoms with Crippen LogP contribution in [0.15, 0.2) is 0 Å². The van der Waals surface area contributed by atoms with E-state index in [1.165, 1.54) is 0 Å². The van der Waals surface area contributed by atoms with Crippen LogP contribution in [0.5, 0.6) is 0 Å². The Morgan fingerprint density at radius 1 is 1.50 bits per heavy atom.